The van der Waals surface area contributed by atoms with E-state index in [0.29, 0.717) is 19.0 Å². The van der Waals surface area contributed by atoms with E-state index in [1.165, 1.54) is 18.2 Å². The molecule has 7 heteroatoms. The summed E-state index contributed by atoms with van der Waals surface area (Å²) >= 11 is 11.9. The van der Waals surface area contributed by atoms with Crippen molar-refractivity contribution in [2.24, 2.45) is 5.92 Å². The van der Waals surface area contributed by atoms with E-state index in [9.17, 15) is 14.9 Å². The van der Waals surface area contributed by atoms with Gasteiger partial charge >= 0.3 is 0 Å². The highest BCUT2D eigenvalue weighted by molar-refractivity contribution is 6.31. The molecule has 20 heavy (non-hydrogen) atoms. The lowest BCUT2D eigenvalue weighted by molar-refractivity contribution is -0.385. The van der Waals surface area contributed by atoms with Crippen LogP contribution in [0.15, 0.2) is 18.2 Å². The molecule has 2 rings (SSSR count). The van der Waals surface area contributed by atoms with Gasteiger partial charge < -0.3 is 4.90 Å². The van der Waals surface area contributed by atoms with Crippen LogP contribution >= 0.6 is 23.2 Å². The van der Waals surface area contributed by atoms with Crippen molar-refractivity contribution in [1.29, 1.82) is 0 Å². The summed E-state index contributed by atoms with van der Waals surface area (Å²) in [5.74, 6) is -0.0353. The molecule has 0 saturated carbocycles. The zero-order valence-electron chi connectivity index (χ0n) is 10.9. The van der Waals surface area contributed by atoms with Crippen LogP contribution in [0.4, 0.5) is 5.69 Å². The van der Waals surface area contributed by atoms with Gasteiger partial charge in [-0.3, -0.25) is 14.9 Å². The Labute approximate surface area is 126 Å². The summed E-state index contributed by atoms with van der Waals surface area (Å²) in [6.07, 6.45) is 0.793. The van der Waals surface area contributed by atoms with E-state index in [4.69, 9.17) is 23.2 Å². The number of amides is 1. The number of benzene rings is 1. The summed E-state index contributed by atoms with van der Waals surface area (Å²) in [7, 11) is 0. The van der Waals surface area contributed by atoms with Crippen LogP contribution in [0.3, 0.4) is 0 Å². The number of piperidine rings is 1. The fourth-order valence-corrected chi connectivity index (χ4v) is 2.67. The Morgan fingerprint density at radius 2 is 2.20 bits per heavy atom. The van der Waals surface area contributed by atoms with E-state index in [-0.39, 0.29) is 27.6 Å². The summed E-state index contributed by atoms with van der Waals surface area (Å²) < 4.78 is 0. The summed E-state index contributed by atoms with van der Waals surface area (Å²) in [5.41, 5.74) is -0.218. The number of likely N-dealkylation sites (tertiary alicyclic amines) is 1. The van der Waals surface area contributed by atoms with Gasteiger partial charge in [0.25, 0.3) is 11.6 Å². The summed E-state index contributed by atoms with van der Waals surface area (Å²) in [6.45, 7) is 2.99. The molecule has 0 spiro atoms. The molecule has 1 aliphatic heterocycles. The molecule has 0 radical (unpaired) electrons. The summed E-state index contributed by atoms with van der Waals surface area (Å²) in [5, 5.41) is 11.1. The number of nitro benzene ring substituents is 1. The van der Waals surface area contributed by atoms with Crippen molar-refractivity contribution < 1.29 is 9.72 Å². The van der Waals surface area contributed by atoms with Gasteiger partial charge in [-0.1, -0.05) is 18.5 Å². The summed E-state index contributed by atoms with van der Waals surface area (Å²) in [4.78, 5) is 24.4. The normalized spacial score (nSPS) is 22.6. The quantitative estimate of drug-likeness (QED) is 0.477. The van der Waals surface area contributed by atoms with Gasteiger partial charge in [-0.25, -0.2) is 0 Å². The largest absolute Gasteiger partial charge is 0.337 e. The third-order valence-corrected chi connectivity index (χ3v) is 4.34. The third-order valence-electron chi connectivity index (χ3n) is 3.54. The number of halogens is 2. The van der Waals surface area contributed by atoms with Crippen molar-refractivity contribution in [2.75, 3.05) is 13.1 Å². The average molecular weight is 317 g/mol. The highest BCUT2D eigenvalue weighted by Crippen LogP contribution is 2.27. The van der Waals surface area contributed by atoms with Crippen molar-refractivity contribution in [3.63, 3.8) is 0 Å². The number of nitro groups is 1. The van der Waals surface area contributed by atoms with Crippen molar-refractivity contribution in [2.45, 2.75) is 18.7 Å². The molecule has 2 unspecified atom stereocenters. The second-order valence-electron chi connectivity index (χ2n) is 4.95. The molecule has 1 amide bonds. The molecule has 108 valence electrons. The van der Waals surface area contributed by atoms with Crippen LogP contribution in [0.1, 0.15) is 23.7 Å². The first-order chi connectivity index (χ1) is 9.40. The Balaban J connectivity index is 2.27. The third kappa shape index (κ3) is 3.04. The molecule has 1 aliphatic rings. The van der Waals surface area contributed by atoms with Gasteiger partial charge in [0.2, 0.25) is 0 Å². The average Bonchev–Trinajstić information content (AvgIpc) is 2.41. The maximum absolute atomic E-state index is 12.4. The molecule has 0 bridgehead atoms. The molecule has 1 heterocycles. The molecule has 1 aromatic carbocycles. The lowest BCUT2D eigenvalue weighted by Gasteiger charge is -2.33. The fourth-order valence-electron chi connectivity index (χ4n) is 2.21. The van der Waals surface area contributed by atoms with Crippen LogP contribution in [0.2, 0.25) is 5.02 Å². The second-order valence-corrected chi connectivity index (χ2v) is 5.95. The molecule has 0 N–H and O–H groups in total. The molecular formula is C13H14Cl2N2O3. The molecule has 0 aromatic heterocycles. The van der Waals surface area contributed by atoms with E-state index >= 15 is 0 Å². The zero-order chi connectivity index (χ0) is 14.9. The molecule has 0 aliphatic carbocycles. The maximum Gasteiger partial charge on any atom is 0.283 e. The fraction of sp³-hybridized carbons (Fsp3) is 0.462. The number of hydrogen-bond acceptors (Lipinski definition) is 3. The minimum absolute atomic E-state index is 0.0535. The predicted octanol–water partition coefficient (Wildman–Crippen LogP) is 3.34. The zero-order valence-corrected chi connectivity index (χ0v) is 12.4. The van der Waals surface area contributed by atoms with E-state index in [0.717, 1.165) is 6.42 Å². The van der Waals surface area contributed by atoms with Gasteiger partial charge in [0.15, 0.2) is 0 Å². The van der Waals surface area contributed by atoms with E-state index in [1.54, 1.807) is 4.90 Å². The highest BCUT2D eigenvalue weighted by atomic mass is 35.5. The van der Waals surface area contributed by atoms with Gasteiger partial charge in [0, 0.05) is 24.2 Å². The first-order valence-corrected chi connectivity index (χ1v) is 7.09. The Kier molecular flexibility index (Phi) is 4.50. The molecule has 1 saturated heterocycles. The first-order valence-electron chi connectivity index (χ1n) is 6.27. The van der Waals surface area contributed by atoms with Crippen LogP contribution in [0.25, 0.3) is 0 Å². The number of nitrogens with zero attached hydrogens (tertiary/aromatic N) is 2. The number of rotatable bonds is 2. The Bertz CT molecular complexity index is 550. The minimum Gasteiger partial charge on any atom is -0.337 e. The summed E-state index contributed by atoms with van der Waals surface area (Å²) in [6, 6.07) is 4.07. The number of hydrogen-bond donors (Lipinski definition) is 0. The van der Waals surface area contributed by atoms with E-state index in [1.807, 2.05) is 6.92 Å². The Morgan fingerprint density at radius 3 is 2.80 bits per heavy atom. The van der Waals surface area contributed by atoms with Crippen molar-refractivity contribution in [3.8, 4) is 0 Å². The van der Waals surface area contributed by atoms with Gasteiger partial charge in [0.1, 0.15) is 5.56 Å². The minimum atomic E-state index is -0.593. The Hall–Kier alpha value is -1.33. The van der Waals surface area contributed by atoms with Crippen molar-refractivity contribution in [1.82, 2.24) is 4.90 Å². The van der Waals surface area contributed by atoms with Crippen LogP contribution in [-0.4, -0.2) is 34.2 Å². The van der Waals surface area contributed by atoms with Crippen LogP contribution < -0.4 is 0 Å². The van der Waals surface area contributed by atoms with Gasteiger partial charge in [-0.15, -0.1) is 11.6 Å². The molecule has 5 nitrogen and oxygen atoms in total. The van der Waals surface area contributed by atoms with E-state index in [2.05, 4.69) is 0 Å². The Morgan fingerprint density at radius 1 is 1.50 bits per heavy atom. The van der Waals surface area contributed by atoms with Gasteiger partial charge in [-0.2, -0.15) is 0 Å². The lowest BCUT2D eigenvalue weighted by atomic mass is 9.98. The molecular weight excluding hydrogens is 303 g/mol. The van der Waals surface area contributed by atoms with Crippen molar-refractivity contribution in [3.05, 3.63) is 38.9 Å². The van der Waals surface area contributed by atoms with E-state index < -0.39 is 4.92 Å². The SMILES string of the molecule is CC1CCN(C(=O)c2ccc(Cl)cc2[N+](=O)[O-])CC1Cl. The topological polar surface area (TPSA) is 63.5 Å². The number of carbonyl (C=O) groups excluding carboxylic acids is 1. The van der Waals surface area contributed by atoms with Crippen molar-refractivity contribution >= 4 is 34.8 Å². The van der Waals surface area contributed by atoms with Crippen LogP contribution in [0.5, 0.6) is 0 Å². The predicted molar refractivity (Wildman–Crippen MR) is 77.4 cm³/mol. The molecule has 2 atom stereocenters. The number of alkyl halides is 1. The maximum atomic E-state index is 12.4. The molecule has 1 fully saturated rings. The lowest BCUT2D eigenvalue weighted by Crippen LogP contribution is -2.43. The first kappa shape index (κ1) is 15.1. The second kappa shape index (κ2) is 5.97. The number of carbonyl (C=O) groups is 1. The van der Waals surface area contributed by atoms with Crippen LogP contribution in [-0.2, 0) is 0 Å². The molecule has 1 aromatic rings. The highest BCUT2D eigenvalue weighted by Gasteiger charge is 2.31. The van der Waals surface area contributed by atoms with Gasteiger partial charge in [0.05, 0.1) is 10.3 Å². The standard InChI is InChI=1S/C13H14Cl2N2O3/c1-8-4-5-16(7-11(8)15)13(18)10-3-2-9(14)6-12(10)17(19)20/h2-3,6,8,11H,4-5,7H2,1H3. The smallest absolute Gasteiger partial charge is 0.283 e. The monoisotopic (exact) mass is 316 g/mol. The van der Waals surface area contributed by atoms with Gasteiger partial charge in [-0.05, 0) is 24.5 Å². The van der Waals surface area contributed by atoms with Crippen LogP contribution in [0, 0.1) is 16.0 Å².